The molecule has 0 unspecified atom stereocenters. The number of nitro benzene ring substituents is 1. The number of nitro groups is 1. The summed E-state index contributed by atoms with van der Waals surface area (Å²) in [6.45, 7) is 4.17. The van der Waals surface area contributed by atoms with Crippen LogP contribution >= 0.6 is 0 Å². The molecule has 6 heteroatoms. The number of nitrogens with zero attached hydrogens (tertiary/aromatic N) is 3. The number of aryl methyl sites for hydroxylation is 1. The second-order valence-corrected chi connectivity index (χ2v) is 4.92. The molecule has 21 heavy (non-hydrogen) atoms. The van der Waals surface area contributed by atoms with Crippen LogP contribution in [0.4, 0.5) is 11.4 Å². The SMILES string of the molecule is Cc1ccc(NCc2cc(C#N)n(C)c2C)cc1[N+](=O)[O-]. The van der Waals surface area contributed by atoms with E-state index in [0.29, 0.717) is 23.5 Å². The van der Waals surface area contributed by atoms with Crippen molar-refractivity contribution < 1.29 is 4.92 Å². The van der Waals surface area contributed by atoms with E-state index in [1.807, 2.05) is 30.7 Å². The molecule has 0 fully saturated rings. The maximum Gasteiger partial charge on any atom is 0.274 e. The van der Waals surface area contributed by atoms with Gasteiger partial charge >= 0.3 is 0 Å². The summed E-state index contributed by atoms with van der Waals surface area (Å²) in [5.74, 6) is 0. The number of hydrogen-bond donors (Lipinski definition) is 1. The van der Waals surface area contributed by atoms with E-state index in [0.717, 1.165) is 11.3 Å². The second kappa shape index (κ2) is 5.67. The first-order chi connectivity index (χ1) is 9.93. The van der Waals surface area contributed by atoms with Gasteiger partial charge in [-0.3, -0.25) is 10.1 Å². The van der Waals surface area contributed by atoms with Crippen LogP contribution in [-0.2, 0) is 13.6 Å². The van der Waals surface area contributed by atoms with Gasteiger partial charge in [0.15, 0.2) is 0 Å². The number of aromatic nitrogens is 1. The highest BCUT2D eigenvalue weighted by atomic mass is 16.6. The Labute approximate surface area is 122 Å². The summed E-state index contributed by atoms with van der Waals surface area (Å²) in [4.78, 5) is 10.5. The van der Waals surface area contributed by atoms with Crippen molar-refractivity contribution in [1.29, 1.82) is 5.26 Å². The summed E-state index contributed by atoms with van der Waals surface area (Å²) in [5, 5.41) is 23.1. The first kappa shape index (κ1) is 14.6. The maximum absolute atomic E-state index is 10.9. The molecule has 2 aromatic rings. The zero-order chi connectivity index (χ0) is 15.6. The van der Waals surface area contributed by atoms with Crippen LogP contribution in [0.5, 0.6) is 0 Å². The molecule has 0 aliphatic heterocycles. The van der Waals surface area contributed by atoms with Crippen molar-refractivity contribution in [1.82, 2.24) is 4.57 Å². The van der Waals surface area contributed by atoms with Crippen LogP contribution in [0, 0.1) is 35.3 Å². The zero-order valence-electron chi connectivity index (χ0n) is 12.2. The topological polar surface area (TPSA) is 83.9 Å². The first-order valence-corrected chi connectivity index (χ1v) is 6.48. The fourth-order valence-corrected chi connectivity index (χ4v) is 2.16. The monoisotopic (exact) mass is 284 g/mol. The van der Waals surface area contributed by atoms with Crippen molar-refractivity contribution in [2.45, 2.75) is 20.4 Å². The molecule has 0 spiro atoms. The minimum absolute atomic E-state index is 0.0995. The number of hydrogen-bond acceptors (Lipinski definition) is 4. The van der Waals surface area contributed by atoms with Gasteiger partial charge in [0.25, 0.3) is 5.69 Å². The summed E-state index contributed by atoms with van der Waals surface area (Å²) >= 11 is 0. The summed E-state index contributed by atoms with van der Waals surface area (Å²) in [5.41, 5.74) is 4.02. The van der Waals surface area contributed by atoms with Crippen molar-refractivity contribution in [3.63, 3.8) is 0 Å². The van der Waals surface area contributed by atoms with Gasteiger partial charge in [0.1, 0.15) is 11.8 Å². The van der Waals surface area contributed by atoms with E-state index >= 15 is 0 Å². The number of benzene rings is 1. The predicted molar refractivity (Wildman–Crippen MR) is 80.0 cm³/mol. The third-order valence-corrected chi connectivity index (χ3v) is 3.64. The summed E-state index contributed by atoms with van der Waals surface area (Å²) in [6, 6.07) is 9.02. The Morgan fingerprint density at radius 2 is 2.10 bits per heavy atom. The standard InChI is InChI=1S/C15H16N4O2/c1-10-4-5-13(7-15(10)19(20)21)17-9-12-6-14(8-16)18(3)11(12)2/h4-7,17H,9H2,1-3H3. The van der Waals surface area contributed by atoms with Gasteiger partial charge in [-0.2, -0.15) is 5.26 Å². The van der Waals surface area contributed by atoms with E-state index in [4.69, 9.17) is 5.26 Å². The van der Waals surface area contributed by atoms with E-state index in [2.05, 4.69) is 11.4 Å². The molecule has 1 aromatic carbocycles. The molecule has 108 valence electrons. The maximum atomic E-state index is 10.9. The fraction of sp³-hybridized carbons (Fsp3) is 0.267. The van der Waals surface area contributed by atoms with Crippen molar-refractivity contribution in [2.75, 3.05) is 5.32 Å². The zero-order valence-corrected chi connectivity index (χ0v) is 12.2. The van der Waals surface area contributed by atoms with Gasteiger partial charge in [0.2, 0.25) is 0 Å². The molecule has 6 nitrogen and oxygen atoms in total. The van der Waals surface area contributed by atoms with Crippen LogP contribution in [0.1, 0.15) is 22.5 Å². The van der Waals surface area contributed by atoms with Crippen LogP contribution in [0.15, 0.2) is 24.3 Å². The molecule has 0 bridgehead atoms. The second-order valence-electron chi connectivity index (χ2n) is 4.92. The molecular weight excluding hydrogens is 268 g/mol. The van der Waals surface area contributed by atoms with Crippen LogP contribution in [0.2, 0.25) is 0 Å². The van der Waals surface area contributed by atoms with Crippen LogP contribution < -0.4 is 5.32 Å². The minimum Gasteiger partial charge on any atom is -0.381 e. The lowest BCUT2D eigenvalue weighted by Crippen LogP contribution is -2.02. The molecule has 0 aliphatic carbocycles. The highest BCUT2D eigenvalue weighted by Crippen LogP contribution is 2.23. The highest BCUT2D eigenvalue weighted by Gasteiger charge is 2.12. The lowest BCUT2D eigenvalue weighted by Gasteiger charge is -2.07. The largest absolute Gasteiger partial charge is 0.381 e. The van der Waals surface area contributed by atoms with Crippen molar-refractivity contribution >= 4 is 11.4 Å². The molecule has 0 aliphatic rings. The first-order valence-electron chi connectivity index (χ1n) is 6.48. The van der Waals surface area contributed by atoms with E-state index < -0.39 is 0 Å². The predicted octanol–water partition coefficient (Wildman–Crippen LogP) is 3.03. The smallest absolute Gasteiger partial charge is 0.274 e. The summed E-state index contributed by atoms with van der Waals surface area (Å²) < 4.78 is 1.83. The lowest BCUT2D eigenvalue weighted by atomic mass is 10.1. The molecule has 0 atom stereocenters. The number of nitriles is 1. The Hall–Kier alpha value is -2.81. The van der Waals surface area contributed by atoms with Crippen molar-refractivity contribution in [3.05, 3.63) is 56.9 Å². The summed E-state index contributed by atoms with van der Waals surface area (Å²) in [6.07, 6.45) is 0. The lowest BCUT2D eigenvalue weighted by molar-refractivity contribution is -0.385. The van der Waals surface area contributed by atoms with E-state index in [9.17, 15) is 10.1 Å². The van der Waals surface area contributed by atoms with Gasteiger partial charge in [0, 0.05) is 36.6 Å². The van der Waals surface area contributed by atoms with Gasteiger partial charge in [-0.1, -0.05) is 6.07 Å². The van der Waals surface area contributed by atoms with Crippen LogP contribution in [0.25, 0.3) is 0 Å². The molecule has 1 aromatic heterocycles. The van der Waals surface area contributed by atoms with Gasteiger partial charge in [-0.25, -0.2) is 0 Å². The molecular formula is C15H16N4O2. The van der Waals surface area contributed by atoms with E-state index in [1.165, 1.54) is 6.07 Å². The Bertz CT molecular complexity index is 741. The quantitative estimate of drug-likeness (QED) is 0.691. The van der Waals surface area contributed by atoms with E-state index in [-0.39, 0.29) is 10.6 Å². The van der Waals surface area contributed by atoms with Crippen molar-refractivity contribution in [3.8, 4) is 6.07 Å². The molecule has 0 saturated heterocycles. The Kier molecular flexibility index (Phi) is 3.94. The number of rotatable bonds is 4. The average Bonchev–Trinajstić information content (AvgIpc) is 2.73. The normalized spacial score (nSPS) is 10.2. The Morgan fingerprint density at radius 1 is 1.38 bits per heavy atom. The number of nitrogens with one attached hydrogen (secondary N) is 1. The third kappa shape index (κ3) is 2.87. The Balaban J connectivity index is 2.19. The van der Waals surface area contributed by atoms with Gasteiger partial charge < -0.3 is 9.88 Å². The van der Waals surface area contributed by atoms with Gasteiger partial charge in [-0.15, -0.1) is 0 Å². The molecule has 0 radical (unpaired) electrons. The average molecular weight is 284 g/mol. The molecule has 0 saturated carbocycles. The minimum atomic E-state index is -0.387. The molecule has 1 heterocycles. The molecule has 2 rings (SSSR count). The summed E-state index contributed by atoms with van der Waals surface area (Å²) in [7, 11) is 1.84. The Morgan fingerprint density at radius 3 is 2.67 bits per heavy atom. The molecule has 1 N–H and O–H groups in total. The fourth-order valence-electron chi connectivity index (χ4n) is 2.16. The van der Waals surface area contributed by atoms with Crippen molar-refractivity contribution in [2.24, 2.45) is 7.05 Å². The number of anilines is 1. The van der Waals surface area contributed by atoms with E-state index in [1.54, 1.807) is 13.0 Å². The van der Waals surface area contributed by atoms with Gasteiger partial charge in [0.05, 0.1) is 4.92 Å². The highest BCUT2D eigenvalue weighted by molar-refractivity contribution is 5.55. The van der Waals surface area contributed by atoms with Crippen LogP contribution in [-0.4, -0.2) is 9.49 Å². The van der Waals surface area contributed by atoms with Crippen LogP contribution in [0.3, 0.4) is 0 Å². The van der Waals surface area contributed by atoms with Gasteiger partial charge in [-0.05, 0) is 31.5 Å². The third-order valence-electron chi connectivity index (χ3n) is 3.64. The molecule has 0 amide bonds.